The fraction of sp³-hybridized carbons (Fsp3) is 0.222. The van der Waals surface area contributed by atoms with Crippen molar-refractivity contribution in [2.75, 3.05) is 5.32 Å². The standard InChI is InChI=1S/C18H15NO4S/c20-16(13-9-10-5-1-3-7-12(10)23-13)19-17-15(18(21)22)11-6-2-4-8-14(11)24-17/h1,3,5,7,9H,2,4,6,8H2,(H,19,20)(H,21,22)/p-1. The average Bonchev–Trinajstić information content (AvgIpc) is 3.15. The molecule has 1 amide bonds. The topological polar surface area (TPSA) is 82.4 Å². The van der Waals surface area contributed by atoms with Crippen molar-refractivity contribution < 1.29 is 19.1 Å². The molecule has 5 nitrogen and oxygen atoms in total. The zero-order valence-electron chi connectivity index (χ0n) is 12.8. The number of carbonyl (C=O) groups is 2. The number of hydrogen-bond acceptors (Lipinski definition) is 5. The molecule has 0 radical (unpaired) electrons. The Morgan fingerprint density at radius 2 is 1.96 bits per heavy atom. The quantitative estimate of drug-likeness (QED) is 0.794. The SMILES string of the molecule is O=C(Nc1sc2c(c1C(=O)[O-])CCCC2)c1cc2ccccc2o1. The molecule has 2 aromatic heterocycles. The Balaban J connectivity index is 1.68. The summed E-state index contributed by atoms with van der Waals surface area (Å²) >= 11 is 1.33. The molecule has 0 unspecified atom stereocenters. The fourth-order valence-electron chi connectivity index (χ4n) is 3.13. The van der Waals surface area contributed by atoms with Crippen LogP contribution in [0.1, 0.15) is 44.2 Å². The predicted octanol–water partition coefficient (Wildman–Crippen LogP) is 2.99. The van der Waals surface area contributed by atoms with Crippen LogP contribution in [-0.4, -0.2) is 11.9 Å². The molecule has 0 aliphatic heterocycles. The van der Waals surface area contributed by atoms with Crippen LogP contribution >= 0.6 is 11.3 Å². The van der Waals surface area contributed by atoms with Gasteiger partial charge in [0.25, 0.3) is 5.91 Å². The van der Waals surface area contributed by atoms with E-state index in [0.717, 1.165) is 41.5 Å². The molecule has 1 aliphatic carbocycles. The molecule has 0 bridgehead atoms. The van der Waals surface area contributed by atoms with Gasteiger partial charge in [0, 0.05) is 15.8 Å². The van der Waals surface area contributed by atoms with Gasteiger partial charge >= 0.3 is 0 Å². The minimum atomic E-state index is -1.24. The van der Waals surface area contributed by atoms with Crippen LogP contribution < -0.4 is 10.4 Å². The largest absolute Gasteiger partial charge is 0.545 e. The lowest BCUT2D eigenvalue weighted by Crippen LogP contribution is -2.25. The molecular formula is C18H14NO4S-. The van der Waals surface area contributed by atoms with Gasteiger partial charge in [0.1, 0.15) is 10.6 Å². The summed E-state index contributed by atoms with van der Waals surface area (Å²) in [6, 6.07) is 8.97. The Morgan fingerprint density at radius 1 is 1.17 bits per heavy atom. The zero-order valence-corrected chi connectivity index (χ0v) is 13.6. The van der Waals surface area contributed by atoms with E-state index in [1.807, 2.05) is 18.2 Å². The molecule has 24 heavy (non-hydrogen) atoms. The number of rotatable bonds is 3. The van der Waals surface area contributed by atoms with Crippen molar-refractivity contribution in [3.05, 3.63) is 52.1 Å². The maximum absolute atomic E-state index is 12.5. The van der Waals surface area contributed by atoms with E-state index in [-0.39, 0.29) is 11.3 Å². The summed E-state index contributed by atoms with van der Waals surface area (Å²) in [6.07, 6.45) is 3.56. The van der Waals surface area contributed by atoms with Crippen LogP contribution in [0.25, 0.3) is 11.0 Å². The van der Waals surface area contributed by atoms with Crippen molar-refractivity contribution in [2.24, 2.45) is 0 Å². The summed E-state index contributed by atoms with van der Waals surface area (Å²) < 4.78 is 5.53. The maximum Gasteiger partial charge on any atom is 0.292 e. The van der Waals surface area contributed by atoms with E-state index < -0.39 is 11.9 Å². The van der Waals surface area contributed by atoms with Crippen LogP contribution in [0.3, 0.4) is 0 Å². The van der Waals surface area contributed by atoms with Gasteiger partial charge in [-0.1, -0.05) is 18.2 Å². The third-order valence-electron chi connectivity index (χ3n) is 4.25. The van der Waals surface area contributed by atoms with Gasteiger partial charge in [-0.25, -0.2) is 0 Å². The maximum atomic E-state index is 12.5. The van der Waals surface area contributed by atoms with E-state index in [2.05, 4.69) is 5.32 Å². The summed E-state index contributed by atoms with van der Waals surface area (Å²) in [5, 5.41) is 15.4. The van der Waals surface area contributed by atoms with Crippen LogP contribution in [0, 0.1) is 0 Å². The smallest absolute Gasteiger partial charge is 0.292 e. The van der Waals surface area contributed by atoms with Gasteiger partial charge in [-0.15, -0.1) is 11.3 Å². The molecule has 0 saturated carbocycles. The van der Waals surface area contributed by atoms with Gasteiger partial charge in [-0.05, 0) is 43.4 Å². The number of nitrogens with one attached hydrogen (secondary N) is 1. The summed E-state index contributed by atoms with van der Waals surface area (Å²) in [6.45, 7) is 0. The number of carbonyl (C=O) groups excluding carboxylic acids is 2. The number of hydrogen-bond donors (Lipinski definition) is 1. The van der Waals surface area contributed by atoms with Gasteiger partial charge in [-0.2, -0.15) is 0 Å². The second-order valence-electron chi connectivity index (χ2n) is 5.81. The van der Waals surface area contributed by atoms with Crippen LogP contribution in [0.2, 0.25) is 0 Å². The van der Waals surface area contributed by atoms with E-state index in [0.29, 0.717) is 10.6 Å². The average molecular weight is 340 g/mol. The lowest BCUT2D eigenvalue weighted by atomic mass is 9.95. The van der Waals surface area contributed by atoms with Gasteiger partial charge in [0.2, 0.25) is 0 Å². The van der Waals surface area contributed by atoms with Gasteiger partial charge < -0.3 is 19.6 Å². The first kappa shape index (κ1) is 15.0. The number of carboxylic acids is 1. The van der Waals surface area contributed by atoms with Crippen LogP contribution in [0.4, 0.5) is 5.00 Å². The Hall–Kier alpha value is -2.60. The second kappa shape index (κ2) is 5.79. The van der Waals surface area contributed by atoms with Crippen LogP contribution in [0.15, 0.2) is 34.7 Å². The van der Waals surface area contributed by atoms with Gasteiger partial charge in [0.05, 0.1) is 5.97 Å². The fourth-order valence-corrected chi connectivity index (χ4v) is 4.40. The van der Waals surface area contributed by atoms with Crippen molar-refractivity contribution in [1.82, 2.24) is 0 Å². The number of thiophene rings is 1. The highest BCUT2D eigenvalue weighted by Gasteiger charge is 2.23. The molecule has 2 heterocycles. The summed E-state index contributed by atoms with van der Waals surface area (Å²) in [5.74, 6) is -1.53. The Kier molecular flexibility index (Phi) is 3.61. The number of anilines is 1. The molecule has 1 N–H and O–H groups in total. The van der Waals surface area contributed by atoms with Crippen molar-refractivity contribution in [2.45, 2.75) is 25.7 Å². The monoisotopic (exact) mass is 340 g/mol. The van der Waals surface area contributed by atoms with Crippen LogP contribution in [-0.2, 0) is 12.8 Å². The second-order valence-corrected chi connectivity index (χ2v) is 6.91. The first-order chi connectivity index (χ1) is 11.6. The summed E-state index contributed by atoms with van der Waals surface area (Å²) in [4.78, 5) is 25.0. The zero-order chi connectivity index (χ0) is 16.7. The minimum Gasteiger partial charge on any atom is -0.545 e. The van der Waals surface area contributed by atoms with Crippen LogP contribution in [0.5, 0.6) is 0 Å². The Morgan fingerprint density at radius 3 is 2.75 bits per heavy atom. The Bertz CT molecular complexity index is 920. The van der Waals surface area contributed by atoms with Crippen molar-refractivity contribution >= 4 is 39.2 Å². The third-order valence-corrected chi connectivity index (χ3v) is 5.46. The highest BCUT2D eigenvalue weighted by atomic mass is 32.1. The van der Waals surface area contributed by atoms with Crippen molar-refractivity contribution in [1.29, 1.82) is 0 Å². The lowest BCUT2D eigenvalue weighted by Gasteiger charge is -2.13. The van der Waals surface area contributed by atoms with E-state index in [1.54, 1.807) is 12.1 Å². The molecule has 1 aliphatic rings. The van der Waals surface area contributed by atoms with E-state index in [4.69, 9.17) is 4.42 Å². The van der Waals surface area contributed by atoms with Crippen molar-refractivity contribution in [3.63, 3.8) is 0 Å². The molecule has 122 valence electrons. The molecule has 0 saturated heterocycles. The van der Waals surface area contributed by atoms with Crippen molar-refractivity contribution in [3.8, 4) is 0 Å². The molecule has 0 fully saturated rings. The number of carboxylic acid groups (broad SMARTS) is 1. The highest BCUT2D eigenvalue weighted by Crippen LogP contribution is 2.38. The number of aryl methyl sites for hydroxylation is 1. The normalized spacial score (nSPS) is 13.7. The minimum absolute atomic E-state index is 0.124. The summed E-state index contributed by atoms with van der Waals surface area (Å²) in [7, 11) is 0. The number of fused-ring (bicyclic) bond motifs is 2. The first-order valence-electron chi connectivity index (χ1n) is 7.79. The molecule has 1 aromatic carbocycles. The summed E-state index contributed by atoms with van der Waals surface area (Å²) in [5.41, 5.74) is 1.55. The molecule has 6 heteroatoms. The molecule has 4 rings (SSSR count). The van der Waals surface area contributed by atoms with E-state index >= 15 is 0 Å². The number of aromatic carboxylic acids is 1. The molecule has 0 atom stereocenters. The number of amides is 1. The first-order valence-corrected chi connectivity index (χ1v) is 8.61. The number of furan rings is 1. The molecular weight excluding hydrogens is 326 g/mol. The Labute approximate surface area is 141 Å². The highest BCUT2D eigenvalue weighted by molar-refractivity contribution is 7.17. The van der Waals surface area contributed by atoms with Gasteiger partial charge in [-0.3, -0.25) is 4.79 Å². The molecule has 3 aromatic rings. The van der Waals surface area contributed by atoms with E-state index in [9.17, 15) is 14.7 Å². The predicted molar refractivity (Wildman–Crippen MR) is 89.5 cm³/mol. The number of para-hydroxylation sites is 1. The third kappa shape index (κ3) is 2.49. The molecule has 0 spiro atoms. The van der Waals surface area contributed by atoms with E-state index in [1.165, 1.54) is 11.3 Å². The van der Waals surface area contributed by atoms with Gasteiger partial charge in [0.15, 0.2) is 5.76 Å². The number of benzene rings is 1. The lowest BCUT2D eigenvalue weighted by molar-refractivity contribution is -0.254.